The van der Waals surface area contributed by atoms with Gasteiger partial charge >= 0.3 is 0 Å². The Morgan fingerprint density at radius 1 is 0.921 bits per heavy atom. The maximum Gasteiger partial charge on any atom is 0.232 e. The van der Waals surface area contributed by atoms with E-state index >= 15 is 0 Å². The van der Waals surface area contributed by atoms with E-state index in [2.05, 4.69) is 62.2 Å². The van der Waals surface area contributed by atoms with Gasteiger partial charge in [0.05, 0.1) is 23.8 Å². The van der Waals surface area contributed by atoms with Gasteiger partial charge in [0.1, 0.15) is 0 Å². The van der Waals surface area contributed by atoms with Crippen LogP contribution in [0.1, 0.15) is 57.7 Å². The van der Waals surface area contributed by atoms with E-state index in [4.69, 9.17) is 0 Å². The van der Waals surface area contributed by atoms with Gasteiger partial charge in [-0.15, -0.1) is 0 Å². The minimum Gasteiger partial charge on any atom is -0.372 e. The summed E-state index contributed by atoms with van der Waals surface area (Å²) in [6.45, 7) is 10.4. The van der Waals surface area contributed by atoms with E-state index in [0.29, 0.717) is 12.0 Å². The number of para-hydroxylation sites is 2. The average Bonchev–Trinajstić information content (AvgIpc) is 3.04. The lowest BCUT2D eigenvalue weighted by Gasteiger charge is -2.37. The van der Waals surface area contributed by atoms with Crippen molar-refractivity contribution in [2.45, 2.75) is 53.0 Å². The van der Waals surface area contributed by atoms with Crippen molar-refractivity contribution in [3.63, 3.8) is 0 Å². The number of ketones is 1. The van der Waals surface area contributed by atoms with E-state index in [-0.39, 0.29) is 23.5 Å². The highest BCUT2D eigenvalue weighted by Crippen LogP contribution is 2.48. The zero-order valence-electron chi connectivity index (χ0n) is 22.8. The minimum absolute atomic E-state index is 0.0327. The van der Waals surface area contributed by atoms with Crippen molar-refractivity contribution in [1.82, 2.24) is 0 Å². The molecule has 0 saturated carbocycles. The van der Waals surface area contributed by atoms with Crippen LogP contribution in [0.25, 0.3) is 0 Å². The summed E-state index contributed by atoms with van der Waals surface area (Å²) in [6, 6.07) is 25.6. The number of nitrogens with zero attached hydrogens (tertiary/aromatic N) is 2. The van der Waals surface area contributed by atoms with E-state index in [1.54, 1.807) is 0 Å². The molecule has 0 fully saturated rings. The number of allylic oxidation sites excluding steroid dienone is 1. The quantitative estimate of drug-likeness (QED) is 0.394. The molecule has 196 valence electrons. The minimum atomic E-state index is -0.508. The van der Waals surface area contributed by atoms with Gasteiger partial charge in [-0.3, -0.25) is 14.5 Å². The molecule has 1 unspecified atom stereocenters. The average molecular weight is 508 g/mol. The first-order valence-corrected chi connectivity index (χ1v) is 13.6. The molecule has 3 aromatic rings. The van der Waals surface area contributed by atoms with Crippen LogP contribution < -0.4 is 15.1 Å². The zero-order chi connectivity index (χ0) is 26.9. The third-order valence-corrected chi connectivity index (χ3v) is 7.71. The summed E-state index contributed by atoms with van der Waals surface area (Å²) in [7, 11) is 0. The lowest BCUT2D eigenvalue weighted by atomic mass is 9.73. The highest BCUT2D eigenvalue weighted by atomic mass is 16.2. The second-order valence-corrected chi connectivity index (χ2v) is 11.1. The number of carbonyl (C=O) groups is 2. The van der Waals surface area contributed by atoms with Crippen LogP contribution in [-0.2, 0) is 16.0 Å². The molecule has 0 aromatic heterocycles. The third-order valence-electron chi connectivity index (χ3n) is 7.71. The Morgan fingerprint density at radius 2 is 1.58 bits per heavy atom. The lowest BCUT2D eigenvalue weighted by Crippen LogP contribution is -2.40. The van der Waals surface area contributed by atoms with Crippen LogP contribution in [0, 0.1) is 5.41 Å². The van der Waals surface area contributed by atoms with Crippen molar-refractivity contribution in [1.29, 1.82) is 0 Å². The lowest BCUT2D eigenvalue weighted by molar-refractivity contribution is -0.119. The Balaban J connectivity index is 1.69. The van der Waals surface area contributed by atoms with Crippen LogP contribution in [-0.4, -0.2) is 24.8 Å². The number of hydrogen-bond donors (Lipinski definition) is 1. The molecule has 1 atom stereocenters. The number of amides is 1. The van der Waals surface area contributed by atoms with Crippen LogP contribution in [0.3, 0.4) is 0 Å². The molecule has 0 spiro atoms. The monoisotopic (exact) mass is 507 g/mol. The second kappa shape index (κ2) is 10.5. The van der Waals surface area contributed by atoms with E-state index in [0.717, 1.165) is 53.4 Å². The van der Waals surface area contributed by atoms with Gasteiger partial charge in [0, 0.05) is 36.5 Å². The summed E-state index contributed by atoms with van der Waals surface area (Å²) in [5.74, 6) is 0.0709. The van der Waals surface area contributed by atoms with Gasteiger partial charge in [-0.1, -0.05) is 68.4 Å². The van der Waals surface area contributed by atoms with Gasteiger partial charge in [-0.25, -0.2) is 0 Å². The van der Waals surface area contributed by atoms with Crippen LogP contribution in [0.2, 0.25) is 0 Å². The molecule has 0 radical (unpaired) electrons. The van der Waals surface area contributed by atoms with Gasteiger partial charge in [0.2, 0.25) is 5.91 Å². The molecule has 1 N–H and O–H groups in total. The molecule has 38 heavy (non-hydrogen) atoms. The Labute approximate surface area is 226 Å². The van der Waals surface area contributed by atoms with Crippen molar-refractivity contribution in [2.75, 3.05) is 28.2 Å². The maximum absolute atomic E-state index is 14.2. The Hall–Kier alpha value is -3.86. The molecule has 5 nitrogen and oxygen atoms in total. The molecule has 1 aliphatic carbocycles. The molecule has 1 aliphatic heterocycles. The molecular formula is C33H37N3O2. The summed E-state index contributed by atoms with van der Waals surface area (Å²) in [5.41, 5.74) is 6.16. The van der Waals surface area contributed by atoms with Crippen molar-refractivity contribution in [3.05, 3.63) is 101 Å². The number of benzene rings is 3. The van der Waals surface area contributed by atoms with E-state index in [9.17, 15) is 9.59 Å². The van der Waals surface area contributed by atoms with E-state index in [1.165, 1.54) is 0 Å². The topological polar surface area (TPSA) is 52.7 Å². The first-order chi connectivity index (χ1) is 18.3. The number of fused-ring (bicyclic) bond motifs is 1. The van der Waals surface area contributed by atoms with Crippen LogP contribution in [0.5, 0.6) is 0 Å². The highest BCUT2D eigenvalue weighted by Gasteiger charge is 2.43. The second-order valence-electron chi connectivity index (χ2n) is 11.1. The predicted molar refractivity (Wildman–Crippen MR) is 155 cm³/mol. The fourth-order valence-electron chi connectivity index (χ4n) is 5.89. The smallest absolute Gasteiger partial charge is 0.232 e. The van der Waals surface area contributed by atoms with Crippen molar-refractivity contribution >= 4 is 28.8 Å². The van der Waals surface area contributed by atoms with Crippen LogP contribution in [0.4, 0.5) is 17.1 Å². The molecular weight excluding hydrogens is 470 g/mol. The number of hydrogen-bond acceptors (Lipinski definition) is 4. The largest absolute Gasteiger partial charge is 0.372 e. The summed E-state index contributed by atoms with van der Waals surface area (Å²) in [5, 5.41) is 3.60. The predicted octanol–water partition coefficient (Wildman–Crippen LogP) is 6.92. The van der Waals surface area contributed by atoms with Crippen LogP contribution >= 0.6 is 0 Å². The molecule has 5 heteroatoms. The summed E-state index contributed by atoms with van der Waals surface area (Å²) in [4.78, 5) is 32.2. The standard InChI is InChI=1S/C33H37N3O2/c1-5-35(6-2)25-18-16-24(17-19-25)32-31-27(21-33(3,4)22-29(31)37)34-26-14-10-11-15-28(26)36(32)30(38)20-23-12-8-7-9-13-23/h7-19,32,34H,5-6,20-22H2,1-4H3. The van der Waals surface area contributed by atoms with Gasteiger partial charge in [0.25, 0.3) is 0 Å². The van der Waals surface area contributed by atoms with Crippen molar-refractivity contribution in [2.24, 2.45) is 5.41 Å². The Kier molecular flexibility index (Phi) is 7.11. The Morgan fingerprint density at radius 3 is 2.26 bits per heavy atom. The summed E-state index contributed by atoms with van der Waals surface area (Å²) >= 11 is 0. The molecule has 1 amide bonds. The molecule has 5 rings (SSSR count). The number of Topliss-reactive ketones (excluding diaryl/α,β-unsaturated/α-hetero) is 1. The van der Waals surface area contributed by atoms with Gasteiger partial charge in [-0.2, -0.15) is 0 Å². The molecule has 2 aliphatic rings. The van der Waals surface area contributed by atoms with Gasteiger partial charge in [0.15, 0.2) is 5.78 Å². The fourth-order valence-corrected chi connectivity index (χ4v) is 5.89. The fraction of sp³-hybridized carbons (Fsp3) is 0.333. The van der Waals surface area contributed by atoms with Gasteiger partial charge in [-0.05, 0) is 61.1 Å². The molecule has 1 heterocycles. The van der Waals surface area contributed by atoms with Gasteiger partial charge < -0.3 is 10.2 Å². The number of carbonyl (C=O) groups excluding carboxylic acids is 2. The van der Waals surface area contributed by atoms with Crippen molar-refractivity contribution < 1.29 is 9.59 Å². The Bertz CT molecular complexity index is 1350. The maximum atomic E-state index is 14.2. The normalized spacial score (nSPS) is 18.3. The first kappa shape index (κ1) is 25.8. The zero-order valence-corrected chi connectivity index (χ0v) is 22.8. The SMILES string of the molecule is CCN(CC)c1ccc(C2C3=C(CC(C)(C)CC3=O)Nc3ccccc3N2C(=O)Cc2ccccc2)cc1. The van der Waals surface area contributed by atoms with E-state index in [1.807, 2.05) is 59.5 Å². The third kappa shape index (κ3) is 4.98. The van der Waals surface area contributed by atoms with Crippen LogP contribution in [0.15, 0.2) is 90.1 Å². The number of nitrogens with one attached hydrogen (secondary N) is 1. The summed E-state index contributed by atoms with van der Waals surface area (Å²) in [6.07, 6.45) is 1.46. The van der Waals surface area contributed by atoms with Crippen molar-refractivity contribution in [3.8, 4) is 0 Å². The number of rotatable bonds is 6. The molecule has 0 saturated heterocycles. The first-order valence-electron chi connectivity index (χ1n) is 13.6. The molecule has 3 aromatic carbocycles. The number of anilines is 3. The molecule has 0 bridgehead atoms. The highest BCUT2D eigenvalue weighted by molar-refractivity contribution is 6.06. The summed E-state index contributed by atoms with van der Waals surface area (Å²) < 4.78 is 0. The van der Waals surface area contributed by atoms with E-state index < -0.39 is 6.04 Å².